The number of carbonyl (C=O) groups is 1. The Morgan fingerprint density at radius 1 is 1.13 bits per heavy atom. The summed E-state index contributed by atoms with van der Waals surface area (Å²) in [6, 6.07) is 12.1. The van der Waals surface area contributed by atoms with E-state index in [1.54, 1.807) is 18.4 Å². The zero-order valence-electron chi connectivity index (χ0n) is 16.8. The lowest BCUT2D eigenvalue weighted by Gasteiger charge is -2.30. The van der Waals surface area contributed by atoms with Crippen molar-refractivity contribution in [1.29, 1.82) is 0 Å². The molecule has 6 nitrogen and oxygen atoms in total. The maximum absolute atomic E-state index is 12.8. The second-order valence-corrected chi connectivity index (χ2v) is 9.56. The van der Waals surface area contributed by atoms with Crippen LogP contribution >= 0.6 is 22.7 Å². The fourth-order valence-corrected chi connectivity index (χ4v) is 5.83. The number of hydrogen-bond donors (Lipinski definition) is 1. The van der Waals surface area contributed by atoms with Gasteiger partial charge in [-0.3, -0.25) is 4.79 Å². The van der Waals surface area contributed by atoms with Gasteiger partial charge in [-0.15, -0.1) is 0 Å². The molecule has 1 aliphatic rings. The molecule has 0 bridgehead atoms. The van der Waals surface area contributed by atoms with Crippen molar-refractivity contribution in [2.75, 3.05) is 30.4 Å². The van der Waals surface area contributed by atoms with Gasteiger partial charge >= 0.3 is 0 Å². The SMILES string of the molecule is COc1ccc2nc(N3CCC(C(=O)Nc4nc5c(C)cccc5s4)CC3)sc2c1. The molecule has 1 aliphatic heterocycles. The quantitative estimate of drug-likeness (QED) is 0.481. The monoisotopic (exact) mass is 438 g/mol. The van der Waals surface area contributed by atoms with Crippen molar-refractivity contribution in [3.8, 4) is 5.75 Å². The molecular formula is C22H22N4O2S2. The third-order valence-electron chi connectivity index (χ3n) is 5.57. The summed E-state index contributed by atoms with van der Waals surface area (Å²) in [7, 11) is 1.68. The predicted molar refractivity (Wildman–Crippen MR) is 124 cm³/mol. The van der Waals surface area contributed by atoms with E-state index in [1.165, 1.54) is 11.3 Å². The maximum Gasteiger partial charge on any atom is 0.229 e. The number of aryl methyl sites for hydroxylation is 1. The number of carbonyl (C=O) groups excluding carboxylic acids is 1. The zero-order valence-corrected chi connectivity index (χ0v) is 18.5. The molecule has 1 saturated heterocycles. The largest absolute Gasteiger partial charge is 0.497 e. The normalized spacial score (nSPS) is 15.1. The lowest BCUT2D eigenvalue weighted by Crippen LogP contribution is -2.38. The Balaban J connectivity index is 1.24. The number of anilines is 2. The van der Waals surface area contributed by atoms with E-state index in [1.807, 2.05) is 43.3 Å². The number of methoxy groups -OCH3 is 1. The fourth-order valence-electron chi connectivity index (χ4n) is 3.84. The van der Waals surface area contributed by atoms with Crippen LogP contribution in [0.2, 0.25) is 0 Å². The first-order chi connectivity index (χ1) is 14.6. The van der Waals surface area contributed by atoms with Gasteiger partial charge in [-0.05, 0) is 49.6 Å². The third kappa shape index (κ3) is 3.61. The fraction of sp³-hybridized carbons (Fsp3) is 0.318. The molecule has 0 radical (unpaired) electrons. The molecule has 2 aromatic carbocycles. The van der Waals surface area contributed by atoms with Crippen molar-refractivity contribution < 1.29 is 9.53 Å². The highest BCUT2D eigenvalue weighted by molar-refractivity contribution is 7.22. The lowest BCUT2D eigenvalue weighted by molar-refractivity contribution is -0.120. The number of hydrogen-bond acceptors (Lipinski definition) is 7. The van der Waals surface area contributed by atoms with Gasteiger partial charge in [0.2, 0.25) is 5.91 Å². The average molecular weight is 439 g/mol. The van der Waals surface area contributed by atoms with Crippen molar-refractivity contribution >= 4 is 59.3 Å². The van der Waals surface area contributed by atoms with E-state index in [0.29, 0.717) is 5.13 Å². The minimum absolute atomic E-state index is 0.00355. The van der Waals surface area contributed by atoms with Crippen LogP contribution in [0.3, 0.4) is 0 Å². The minimum Gasteiger partial charge on any atom is -0.497 e. The van der Waals surface area contributed by atoms with Gasteiger partial charge in [0.25, 0.3) is 0 Å². The molecule has 154 valence electrons. The maximum atomic E-state index is 12.8. The molecule has 3 heterocycles. The summed E-state index contributed by atoms with van der Waals surface area (Å²) in [5.74, 6) is 0.919. The second kappa shape index (κ2) is 7.85. The number of aromatic nitrogens is 2. The predicted octanol–water partition coefficient (Wildman–Crippen LogP) is 5.08. The summed E-state index contributed by atoms with van der Waals surface area (Å²) in [5, 5.41) is 4.74. The highest BCUT2D eigenvalue weighted by atomic mass is 32.1. The van der Waals surface area contributed by atoms with Crippen LogP contribution in [0.1, 0.15) is 18.4 Å². The molecule has 0 unspecified atom stereocenters. The number of amides is 1. The van der Waals surface area contributed by atoms with Gasteiger partial charge < -0.3 is 15.0 Å². The minimum atomic E-state index is 0.00355. The van der Waals surface area contributed by atoms with Gasteiger partial charge in [-0.25, -0.2) is 9.97 Å². The Hall–Kier alpha value is -2.71. The van der Waals surface area contributed by atoms with Crippen LogP contribution in [0, 0.1) is 12.8 Å². The Labute approximate surface area is 182 Å². The number of fused-ring (bicyclic) bond motifs is 2. The molecule has 0 saturated carbocycles. The van der Waals surface area contributed by atoms with Gasteiger partial charge in [-0.2, -0.15) is 0 Å². The first-order valence-electron chi connectivity index (χ1n) is 9.97. The molecule has 5 rings (SSSR count). The highest BCUT2D eigenvalue weighted by Gasteiger charge is 2.27. The summed E-state index contributed by atoms with van der Waals surface area (Å²) in [6.07, 6.45) is 1.63. The number of ether oxygens (including phenoxy) is 1. The van der Waals surface area contributed by atoms with E-state index in [9.17, 15) is 4.79 Å². The summed E-state index contributed by atoms with van der Waals surface area (Å²) in [4.78, 5) is 24.4. The van der Waals surface area contributed by atoms with E-state index in [-0.39, 0.29) is 11.8 Å². The lowest BCUT2D eigenvalue weighted by atomic mass is 9.96. The van der Waals surface area contributed by atoms with Crippen LogP contribution in [0.15, 0.2) is 36.4 Å². The second-order valence-electron chi connectivity index (χ2n) is 7.52. The Morgan fingerprint density at radius 3 is 2.73 bits per heavy atom. The number of para-hydroxylation sites is 1. The summed E-state index contributed by atoms with van der Waals surface area (Å²) in [6.45, 7) is 3.70. The van der Waals surface area contributed by atoms with Crippen molar-refractivity contribution in [1.82, 2.24) is 9.97 Å². The van der Waals surface area contributed by atoms with Crippen molar-refractivity contribution in [3.05, 3.63) is 42.0 Å². The van der Waals surface area contributed by atoms with E-state index >= 15 is 0 Å². The first-order valence-corrected chi connectivity index (χ1v) is 11.6. The van der Waals surface area contributed by atoms with Gasteiger partial charge in [0.15, 0.2) is 10.3 Å². The molecule has 4 aromatic rings. The van der Waals surface area contributed by atoms with Crippen molar-refractivity contribution in [2.24, 2.45) is 5.92 Å². The molecule has 0 atom stereocenters. The Kier molecular flexibility index (Phi) is 5.04. The molecule has 0 aliphatic carbocycles. The van der Waals surface area contributed by atoms with Crippen LogP contribution in [0.5, 0.6) is 5.75 Å². The topological polar surface area (TPSA) is 67.3 Å². The number of nitrogens with one attached hydrogen (secondary N) is 1. The smallest absolute Gasteiger partial charge is 0.229 e. The zero-order chi connectivity index (χ0) is 20.7. The average Bonchev–Trinajstić information content (AvgIpc) is 3.37. The van der Waals surface area contributed by atoms with Gasteiger partial charge in [0, 0.05) is 19.0 Å². The van der Waals surface area contributed by atoms with Crippen LogP contribution < -0.4 is 15.0 Å². The Bertz CT molecular complexity index is 1220. The van der Waals surface area contributed by atoms with Gasteiger partial charge in [0.05, 0.1) is 27.5 Å². The van der Waals surface area contributed by atoms with Gasteiger partial charge in [-0.1, -0.05) is 34.8 Å². The number of rotatable bonds is 4. The molecule has 30 heavy (non-hydrogen) atoms. The molecule has 1 amide bonds. The van der Waals surface area contributed by atoms with Crippen LogP contribution in [-0.2, 0) is 4.79 Å². The van der Waals surface area contributed by atoms with E-state index in [0.717, 1.165) is 62.8 Å². The van der Waals surface area contributed by atoms with E-state index in [4.69, 9.17) is 9.72 Å². The molecule has 1 N–H and O–H groups in total. The van der Waals surface area contributed by atoms with Crippen LogP contribution in [0.25, 0.3) is 20.4 Å². The van der Waals surface area contributed by atoms with E-state index < -0.39 is 0 Å². The number of benzene rings is 2. The molecule has 8 heteroatoms. The number of thiazole rings is 2. The molecule has 1 fully saturated rings. The van der Waals surface area contributed by atoms with Crippen LogP contribution in [-0.4, -0.2) is 36.1 Å². The molecule has 2 aromatic heterocycles. The highest BCUT2D eigenvalue weighted by Crippen LogP contribution is 2.34. The summed E-state index contributed by atoms with van der Waals surface area (Å²) >= 11 is 3.21. The molecule has 0 spiro atoms. The standard InChI is InChI=1S/C22H22N4O2S2/c1-13-4-3-5-17-19(13)24-21(29-17)25-20(27)14-8-10-26(11-9-14)22-23-16-7-6-15(28-2)12-18(16)30-22/h3-7,12,14H,8-11H2,1-2H3,(H,24,25,27). The molecular weight excluding hydrogens is 416 g/mol. The van der Waals surface area contributed by atoms with Crippen molar-refractivity contribution in [3.63, 3.8) is 0 Å². The summed E-state index contributed by atoms with van der Waals surface area (Å²) in [5.41, 5.74) is 3.09. The summed E-state index contributed by atoms with van der Waals surface area (Å²) < 4.78 is 7.53. The first kappa shape index (κ1) is 19.3. The third-order valence-corrected chi connectivity index (χ3v) is 7.59. The van der Waals surface area contributed by atoms with Gasteiger partial charge in [0.1, 0.15) is 5.75 Å². The van der Waals surface area contributed by atoms with Crippen LogP contribution in [0.4, 0.5) is 10.3 Å². The number of nitrogens with zero attached hydrogens (tertiary/aromatic N) is 3. The Morgan fingerprint density at radius 2 is 1.97 bits per heavy atom. The van der Waals surface area contributed by atoms with E-state index in [2.05, 4.69) is 15.2 Å². The number of piperidine rings is 1. The van der Waals surface area contributed by atoms with Crippen molar-refractivity contribution in [2.45, 2.75) is 19.8 Å².